The molecule has 0 heterocycles. The molecule has 0 radical (unpaired) electrons. The third kappa shape index (κ3) is 4.36. The van der Waals surface area contributed by atoms with E-state index in [2.05, 4.69) is 0 Å². The van der Waals surface area contributed by atoms with Gasteiger partial charge in [-0.1, -0.05) is 0 Å². The molecule has 1 aromatic rings. The van der Waals surface area contributed by atoms with E-state index in [1.54, 1.807) is 31.2 Å². The van der Waals surface area contributed by atoms with E-state index in [0.717, 1.165) is 0 Å². The van der Waals surface area contributed by atoms with Gasteiger partial charge in [0.1, 0.15) is 5.75 Å². The van der Waals surface area contributed by atoms with Crippen LogP contribution < -0.4 is 10.5 Å². The molecule has 4 nitrogen and oxygen atoms in total. The van der Waals surface area contributed by atoms with Gasteiger partial charge in [0, 0.05) is 6.04 Å². The molecule has 0 amide bonds. The molecule has 17 heavy (non-hydrogen) atoms. The van der Waals surface area contributed by atoms with Crippen LogP contribution in [-0.4, -0.2) is 26.8 Å². The maximum absolute atomic E-state index is 11.9. The molecule has 5 heteroatoms. The van der Waals surface area contributed by atoms with Crippen molar-refractivity contribution in [2.24, 2.45) is 5.73 Å². The number of benzene rings is 1. The molecule has 1 unspecified atom stereocenters. The van der Waals surface area contributed by atoms with E-state index in [9.17, 15) is 8.42 Å². The van der Waals surface area contributed by atoms with Crippen molar-refractivity contribution in [1.82, 2.24) is 0 Å². The molecule has 0 spiro atoms. The number of hydrogen-bond acceptors (Lipinski definition) is 4. The Morgan fingerprint density at radius 3 is 2.35 bits per heavy atom. The van der Waals surface area contributed by atoms with Crippen molar-refractivity contribution in [2.45, 2.75) is 31.2 Å². The molecular weight excluding hydrogens is 238 g/mol. The molecule has 0 bridgehead atoms. The molecule has 0 aromatic heterocycles. The molecule has 0 saturated heterocycles. The average Bonchev–Trinajstić information content (AvgIpc) is 2.28. The first-order valence-electron chi connectivity index (χ1n) is 5.67. The summed E-state index contributed by atoms with van der Waals surface area (Å²) in [6, 6.07) is 6.38. The lowest BCUT2D eigenvalue weighted by Crippen LogP contribution is -2.20. The van der Waals surface area contributed by atoms with E-state index >= 15 is 0 Å². The summed E-state index contributed by atoms with van der Waals surface area (Å²) in [6.07, 6.45) is 0.468. The SMILES string of the molecule is CCOc1ccc(S(=O)(=O)CCC(C)N)cc1. The molecule has 0 aliphatic rings. The van der Waals surface area contributed by atoms with Crippen molar-refractivity contribution >= 4 is 9.84 Å². The number of nitrogens with two attached hydrogens (primary N) is 1. The van der Waals surface area contributed by atoms with Gasteiger partial charge in [-0.25, -0.2) is 8.42 Å². The number of sulfone groups is 1. The summed E-state index contributed by atoms with van der Waals surface area (Å²) in [4.78, 5) is 0.321. The van der Waals surface area contributed by atoms with Crippen molar-refractivity contribution in [3.8, 4) is 5.75 Å². The van der Waals surface area contributed by atoms with E-state index in [-0.39, 0.29) is 11.8 Å². The maximum atomic E-state index is 11.9. The Bertz CT molecular complexity index is 437. The fourth-order valence-electron chi connectivity index (χ4n) is 1.37. The summed E-state index contributed by atoms with van der Waals surface area (Å²) >= 11 is 0. The highest BCUT2D eigenvalue weighted by Crippen LogP contribution is 2.17. The van der Waals surface area contributed by atoms with Gasteiger partial charge >= 0.3 is 0 Å². The van der Waals surface area contributed by atoms with E-state index in [4.69, 9.17) is 10.5 Å². The Labute approximate surface area is 103 Å². The highest BCUT2D eigenvalue weighted by molar-refractivity contribution is 7.91. The van der Waals surface area contributed by atoms with Crippen molar-refractivity contribution in [1.29, 1.82) is 0 Å². The van der Waals surface area contributed by atoms with Gasteiger partial charge in [0.25, 0.3) is 0 Å². The lowest BCUT2D eigenvalue weighted by molar-refractivity contribution is 0.340. The third-order valence-corrected chi connectivity index (χ3v) is 4.10. The first-order chi connectivity index (χ1) is 7.95. The van der Waals surface area contributed by atoms with Gasteiger partial charge in [-0.15, -0.1) is 0 Å². The minimum atomic E-state index is -3.22. The summed E-state index contributed by atoms with van der Waals surface area (Å²) in [5.74, 6) is 0.761. The van der Waals surface area contributed by atoms with E-state index in [0.29, 0.717) is 23.7 Å². The summed E-state index contributed by atoms with van der Waals surface area (Å²) in [5.41, 5.74) is 5.56. The Balaban J connectivity index is 2.77. The van der Waals surface area contributed by atoms with Crippen LogP contribution in [0.5, 0.6) is 5.75 Å². The first-order valence-corrected chi connectivity index (χ1v) is 7.32. The van der Waals surface area contributed by atoms with Crippen LogP contribution in [0.15, 0.2) is 29.2 Å². The van der Waals surface area contributed by atoms with Gasteiger partial charge in [-0.3, -0.25) is 0 Å². The predicted molar refractivity (Wildman–Crippen MR) is 67.9 cm³/mol. The molecule has 1 aromatic carbocycles. The zero-order valence-electron chi connectivity index (χ0n) is 10.2. The zero-order chi connectivity index (χ0) is 12.9. The van der Waals surface area contributed by atoms with E-state index in [1.165, 1.54) is 0 Å². The lowest BCUT2D eigenvalue weighted by Gasteiger charge is -2.08. The monoisotopic (exact) mass is 257 g/mol. The smallest absolute Gasteiger partial charge is 0.178 e. The second kappa shape index (κ2) is 6.02. The minimum Gasteiger partial charge on any atom is -0.494 e. The molecule has 0 aliphatic heterocycles. The van der Waals surface area contributed by atoms with Crippen LogP contribution in [0.2, 0.25) is 0 Å². The van der Waals surface area contributed by atoms with Crippen LogP contribution in [0.1, 0.15) is 20.3 Å². The summed E-state index contributed by atoms with van der Waals surface area (Å²) in [7, 11) is -3.22. The van der Waals surface area contributed by atoms with E-state index < -0.39 is 9.84 Å². The molecule has 1 atom stereocenters. The Kier molecular flexibility index (Phi) is 4.96. The molecular formula is C12H19NO3S. The molecule has 0 aliphatic carbocycles. The fraction of sp³-hybridized carbons (Fsp3) is 0.500. The largest absolute Gasteiger partial charge is 0.494 e. The molecule has 1 rings (SSSR count). The minimum absolute atomic E-state index is 0.0820. The maximum Gasteiger partial charge on any atom is 0.178 e. The van der Waals surface area contributed by atoms with E-state index in [1.807, 2.05) is 6.92 Å². The topological polar surface area (TPSA) is 69.4 Å². The molecule has 2 N–H and O–H groups in total. The fourth-order valence-corrected chi connectivity index (χ4v) is 2.84. The van der Waals surface area contributed by atoms with Gasteiger partial charge in [-0.2, -0.15) is 0 Å². The Morgan fingerprint density at radius 1 is 1.29 bits per heavy atom. The quantitative estimate of drug-likeness (QED) is 0.840. The summed E-state index contributed by atoms with van der Waals surface area (Å²) in [6.45, 7) is 4.25. The Morgan fingerprint density at radius 2 is 1.88 bits per heavy atom. The molecule has 0 fully saturated rings. The first kappa shape index (κ1) is 14.0. The second-order valence-electron chi connectivity index (χ2n) is 3.99. The number of ether oxygens (including phenoxy) is 1. The molecule has 96 valence electrons. The van der Waals surface area contributed by atoms with Crippen LogP contribution in [-0.2, 0) is 9.84 Å². The summed E-state index contributed by atoms with van der Waals surface area (Å²) in [5, 5.41) is 0. The van der Waals surface area contributed by atoms with Gasteiger partial charge in [0.15, 0.2) is 9.84 Å². The predicted octanol–water partition coefficient (Wildman–Crippen LogP) is 1.60. The van der Waals surface area contributed by atoms with Crippen molar-refractivity contribution in [3.05, 3.63) is 24.3 Å². The number of rotatable bonds is 6. The number of hydrogen-bond donors (Lipinski definition) is 1. The van der Waals surface area contributed by atoms with Crippen molar-refractivity contribution < 1.29 is 13.2 Å². The van der Waals surface area contributed by atoms with Crippen molar-refractivity contribution in [2.75, 3.05) is 12.4 Å². The van der Waals surface area contributed by atoms with Gasteiger partial charge in [0.2, 0.25) is 0 Å². The van der Waals surface area contributed by atoms with Crippen LogP contribution in [0.3, 0.4) is 0 Å². The van der Waals surface area contributed by atoms with Crippen LogP contribution in [0.4, 0.5) is 0 Å². The van der Waals surface area contributed by atoms with Gasteiger partial charge in [-0.05, 0) is 44.5 Å². The van der Waals surface area contributed by atoms with Gasteiger partial charge < -0.3 is 10.5 Å². The van der Waals surface area contributed by atoms with Crippen molar-refractivity contribution in [3.63, 3.8) is 0 Å². The van der Waals surface area contributed by atoms with Gasteiger partial charge in [0.05, 0.1) is 17.3 Å². The van der Waals surface area contributed by atoms with Crippen LogP contribution in [0, 0.1) is 0 Å². The standard InChI is InChI=1S/C12H19NO3S/c1-3-16-11-4-6-12(7-5-11)17(14,15)9-8-10(2)13/h4-7,10H,3,8-9,13H2,1-2H3. The normalized spacial score (nSPS) is 13.4. The second-order valence-corrected chi connectivity index (χ2v) is 6.10. The lowest BCUT2D eigenvalue weighted by atomic mass is 10.3. The zero-order valence-corrected chi connectivity index (χ0v) is 11.0. The van der Waals surface area contributed by atoms with Crippen LogP contribution in [0.25, 0.3) is 0 Å². The third-order valence-electron chi connectivity index (χ3n) is 2.34. The summed E-state index contributed by atoms with van der Waals surface area (Å²) < 4.78 is 29.1. The Hall–Kier alpha value is -1.07. The molecule has 0 saturated carbocycles. The highest BCUT2D eigenvalue weighted by atomic mass is 32.2. The average molecular weight is 257 g/mol. The highest BCUT2D eigenvalue weighted by Gasteiger charge is 2.14. The van der Waals surface area contributed by atoms with Crippen LogP contribution >= 0.6 is 0 Å².